The van der Waals surface area contributed by atoms with E-state index in [0.29, 0.717) is 5.92 Å². The number of fused-ring (bicyclic) bond motifs is 3. The molecule has 0 amide bonds. The molecule has 0 radical (unpaired) electrons. The van der Waals surface area contributed by atoms with E-state index in [1.165, 1.54) is 44.6 Å². The largest absolute Gasteiger partial charge is 0.457 e. The van der Waals surface area contributed by atoms with Crippen LogP contribution in [0.25, 0.3) is 44.4 Å². The van der Waals surface area contributed by atoms with Crippen molar-refractivity contribution in [2.24, 2.45) is 5.92 Å². The maximum atomic E-state index is 6.60. The summed E-state index contributed by atoms with van der Waals surface area (Å²) < 4.78 is 10.9. The molecule has 0 aliphatic rings. The highest BCUT2D eigenvalue weighted by Crippen LogP contribution is 2.39. The van der Waals surface area contributed by atoms with Gasteiger partial charge in [-0.3, -0.25) is 4.57 Å². The third kappa shape index (κ3) is 5.62. The Kier molecular flexibility index (Phi) is 8.04. The highest BCUT2D eigenvalue weighted by Gasteiger charge is 2.23. The average Bonchev–Trinajstić information content (AvgIpc) is 3.54. The van der Waals surface area contributed by atoms with E-state index in [9.17, 15) is 0 Å². The third-order valence-electron chi connectivity index (χ3n) is 9.11. The van der Waals surface area contributed by atoms with Crippen molar-refractivity contribution in [1.82, 2.24) is 19.3 Å². The number of nitrogens with zero attached hydrogens (tertiary/aromatic N) is 5. The number of rotatable bonds is 8. The van der Waals surface area contributed by atoms with Crippen molar-refractivity contribution in [3.63, 3.8) is 0 Å². The smallest absolute Gasteiger partial charge is 0.137 e. The molecule has 0 saturated carbocycles. The number of pyridine rings is 1. The minimum Gasteiger partial charge on any atom is -0.457 e. The second kappa shape index (κ2) is 12.3. The molecule has 3 heterocycles. The van der Waals surface area contributed by atoms with Crippen molar-refractivity contribution < 1.29 is 4.74 Å². The van der Waals surface area contributed by atoms with Crippen LogP contribution in [0.3, 0.4) is 0 Å². The molecule has 4 aromatic carbocycles. The number of ether oxygens (including phenoxy) is 1. The summed E-state index contributed by atoms with van der Waals surface area (Å²) in [6, 6.07) is 31.8. The topological polar surface area (TPSA) is 48.1 Å². The molecule has 6 heteroatoms. The van der Waals surface area contributed by atoms with E-state index in [-0.39, 0.29) is 0 Å². The summed E-state index contributed by atoms with van der Waals surface area (Å²) in [5.74, 6) is 2.88. The Bertz CT molecular complexity index is 2280. The Morgan fingerprint density at radius 3 is 2.19 bits per heavy atom. The fourth-order valence-electron chi connectivity index (χ4n) is 7.00. The highest BCUT2D eigenvalue weighted by molar-refractivity contribution is 6.09. The lowest BCUT2D eigenvalue weighted by Crippen LogP contribution is -2.10. The Labute approximate surface area is 283 Å². The van der Waals surface area contributed by atoms with Gasteiger partial charge >= 0.3 is 0 Å². The van der Waals surface area contributed by atoms with Crippen LogP contribution in [0.15, 0.2) is 97.2 Å². The first-order chi connectivity index (χ1) is 23.1. The van der Waals surface area contributed by atoms with Crippen molar-refractivity contribution in [3.05, 3.63) is 125 Å². The third-order valence-corrected chi connectivity index (χ3v) is 9.11. The first kappa shape index (κ1) is 31.3. The van der Waals surface area contributed by atoms with E-state index in [2.05, 4.69) is 149 Å². The SMILES string of the molecule is Cc1ccnc(-n2c3ccccc3c3ccc(Oc4cccc(-n5nc(C)c(-c6c(C)cc(N(C)C)cc6C)c5CC(C)C)c4)cc32)c1. The zero-order valence-electron chi connectivity index (χ0n) is 29.2. The van der Waals surface area contributed by atoms with Crippen LogP contribution in [0.4, 0.5) is 5.69 Å². The summed E-state index contributed by atoms with van der Waals surface area (Å²) in [4.78, 5) is 6.90. The minimum atomic E-state index is 0.459. The van der Waals surface area contributed by atoms with Crippen molar-refractivity contribution >= 4 is 27.5 Å². The molecule has 0 N–H and O–H groups in total. The van der Waals surface area contributed by atoms with Gasteiger partial charge in [0.05, 0.1) is 28.1 Å². The van der Waals surface area contributed by atoms with Gasteiger partial charge in [0.25, 0.3) is 0 Å². The van der Waals surface area contributed by atoms with Gasteiger partial charge in [0.15, 0.2) is 0 Å². The van der Waals surface area contributed by atoms with Crippen LogP contribution >= 0.6 is 0 Å². The molecular weight excluding hydrogens is 590 g/mol. The molecule has 0 spiro atoms. The lowest BCUT2D eigenvalue weighted by atomic mass is 9.91. The standard InChI is InChI=1S/C42H43N5O/c1-26(2)20-39-42(41-28(4)22-32(45(7)8)23-29(41)5)30(6)44-47(39)31-12-11-13-33(24-31)48-34-16-17-36-35-14-9-10-15-37(35)46(38(36)25-34)40-21-27(3)18-19-43-40/h9-19,21-26H,20H2,1-8H3. The Hall–Kier alpha value is -5.36. The molecule has 48 heavy (non-hydrogen) atoms. The van der Waals surface area contributed by atoms with Crippen molar-refractivity contribution in [2.75, 3.05) is 19.0 Å². The van der Waals surface area contributed by atoms with Gasteiger partial charge in [-0.25, -0.2) is 9.67 Å². The second-order valence-electron chi connectivity index (χ2n) is 13.6. The van der Waals surface area contributed by atoms with Crippen LogP contribution in [0, 0.1) is 33.6 Å². The molecule has 0 bridgehead atoms. The summed E-state index contributed by atoms with van der Waals surface area (Å²) in [6.45, 7) is 13.2. The van der Waals surface area contributed by atoms with Crippen molar-refractivity contribution in [3.8, 4) is 34.1 Å². The highest BCUT2D eigenvalue weighted by atomic mass is 16.5. The molecule has 3 aromatic heterocycles. The summed E-state index contributed by atoms with van der Waals surface area (Å²) in [6.07, 6.45) is 2.78. The number of benzene rings is 4. The average molecular weight is 634 g/mol. The quantitative estimate of drug-likeness (QED) is 0.167. The molecule has 0 fully saturated rings. The van der Waals surface area contributed by atoms with Crippen LogP contribution in [0.2, 0.25) is 0 Å². The van der Waals surface area contributed by atoms with Gasteiger partial charge in [-0.2, -0.15) is 5.10 Å². The lowest BCUT2D eigenvalue weighted by Gasteiger charge is -2.19. The van der Waals surface area contributed by atoms with Crippen molar-refractivity contribution in [2.45, 2.75) is 48.0 Å². The van der Waals surface area contributed by atoms with Crippen LogP contribution in [0.1, 0.15) is 41.9 Å². The number of hydrogen-bond donors (Lipinski definition) is 0. The van der Waals surface area contributed by atoms with E-state index < -0.39 is 0 Å². The van der Waals surface area contributed by atoms with Crippen LogP contribution in [-0.2, 0) is 6.42 Å². The Morgan fingerprint density at radius 2 is 1.46 bits per heavy atom. The molecule has 7 rings (SSSR count). The van der Waals surface area contributed by atoms with Crippen LogP contribution in [0.5, 0.6) is 11.5 Å². The molecule has 7 aromatic rings. The number of aryl methyl sites for hydroxylation is 4. The van der Waals surface area contributed by atoms with E-state index in [0.717, 1.165) is 51.5 Å². The zero-order chi connectivity index (χ0) is 33.7. The van der Waals surface area contributed by atoms with Gasteiger partial charge in [-0.05, 0) is 117 Å². The van der Waals surface area contributed by atoms with Crippen molar-refractivity contribution in [1.29, 1.82) is 0 Å². The fourth-order valence-corrected chi connectivity index (χ4v) is 7.00. The number of aromatic nitrogens is 4. The molecule has 0 aliphatic heterocycles. The summed E-state index contributed by atoms with van der Waals surface area (Å²) >= 11 is 0. The molecule has 0 aliphatic carbocycles. The first-order valence-electron chi connectivity index (χ1n) is 16.7. The van der Waals surface area contributed by atoms with Gasteiger partial charge in [-0.1, -0.05) is 38.1 Å². The molecule has 0 atom stereocenters. The number of hydrogen-bond acceptors (Lipinski definition) is 4. The van der Waals surface area contributed by atoms with E-state index in [4.69, 9.17) is 14.8 Å². The van der Waals surface area contributed by atoms with Gasteiger partial charge in [-0.15, -0.1) is 0 Å². The maximum Gasteiger partial charge on any atom is 0.137 e. The van der Waals surface area contributed by atoms with Crippen LogP contribution in [-0.4, -0.2) is 33.4 Å². The molecule has 0 unspecified atom stereocenters. The van der Waals surface area contributed by atoms with E-state index in [1.54, 1.807) is 0 Å². The first-order valence-corrected chi connectivity index (χ1v) is 16.7. The summed E-state index contributed by atoms with van der Waals surface area (Å²) in [5, 5.41) is 7.51. The molecule has 0 saturated heterocycles. The second-order valence-corrected chi connectivity index (χ2v) is 13.6. The predicted molar refractivity (Wildman–Crippen MR) is 199 cm³/mol. The predicted octanol–water partition coefficient (Wildman–Crippen LogP) is 10.3. The monoisotopic (exact) mass is 633 g/mol. The van der Waals surface area contributed by atoms with Gasteiger partial charge in [0.2, 0.25) is 0 Å². The molecule has 6 nitrogen and oxygen atoms in total. The van der Waals surface area contributed by atoms with Gasteiger partial charge in [0.1, 0.15) is 17.3 Å². The Morgan fingerprint density at radius 1 is 0.729 bits per heavy atom. The summed E-state index contributed by atoms with van der Waals surface area (Å²) in [7, 11) is 4.19. The van der Waals surface area contributed by atoms with Crippen LogP contribution < -0.4 is 9.64 Å². The van der Waals surface area contributed by atoms with Gasteiger partial charge in [0, 0.05) is 54.4 Å². The number of anilines is 1. The Balaban J connectivity index is 1.30. The van der Waals surface area contributed by atoms with E-state index >= 15 is 0 Å². The zero-order valence-corrected chi connectivity index (χ0v) is 29.2. The normalized spacial score (nSPS) is 11.6. The summed E-state index contributed by atoms with van der Waals surface area (Å²) in [5.41, 5.74) is 12.8. The molecule has 242 valence electrons. The lowest BCUT2D eigenvalue weighted by molar-refractivity contribution is 0.482. The van der Waals surface area contributed by atoms with E-state index in [1.807, 2.05) is 18.3 Å². The molecular formula is C42H43N5O. The fraction of sp³-hybridized carbons (Fsp3) is 0.238. The van der Waals surface area contributed by atoms with Gasteiger partial charge < -0.3 is 9.64 Å². The minimum absolute atomic E-state index is 0.459. The maximum absolute atomic E-state index is 6.60. The number of para-hydroxylation sites is 1.